The van der Waals surface area contributed by atoms with Crippen LogP contribution in [0.4, 0.5) is 0 Å². The Morgan fingerprint density at radius 3 is 2.56 bits per heavy atom. The second-order valence-corrected chi connectivity index (χ2v) is 8.95. The van der Waals surface area contributed by atoms with Gasteiger partial charge in [0.1, 0.15) is 36.8 Å². The summed E-state index contributed by atoms with van der Waals surface area (Å²) in [6.07, 6.45) is 3.09. The average molecular weight is 524 g/mol. The number of rotatable bonds is 12. The Bertz CT molecular complexity index is 1470. The molecular weight excluding hydrogens is 494 g/mol. The van der Waals surface area contributed by atoms with E-state index in [0.29, 0.717) is 34.8 Å². The van der Waals surface area contributed by atoms with E-state index in [9.17, 15) is 15.0 Å². The number of pyridine rings is 1. The number of aliphatic hydroxyl groups is 1. The summed E-state index contributed by atoms with van der Waals surface area (Å²) in [5.74, 6) is -0.0780. The van der Waals surface area contributed by atoms with E-state index in [1.165, 1.54) is 6.20 Å². The van der Waals surface area contributed by atoms with Crippen molar-refractivity contribution in [2.24, 2.45) is 0 Å². The molecule has 0 spiro atoms. The highest BCUT2D eigenvalue weighted by Crippen LogP contribution is 2.29. The first kappa shape index (κ1) is 27.3. The van der Waals surface area contributed by atoms with Crippen molar-refractivity contribution in [1.29, 1.82) is 5.26 Å². The molecule has 1 heterocycles. The average Bonchev–Trinajstić information content (AvgIpc) is 2.97. The van der Waals surface area contributed by atoms with Crippen molar-refractivity contribution in [1.82, 2.24) is 10.3 Å². The van der Waals surface area contributed by atoms with E-state index in [4.69, 9.17) is 14.7 Å². The predicted molar refractivity (Wildman–Crippen MR) is 146 cm³/mol. The molecule has 4 aromatic rings. The van der Waals surface area contributed by atoms with Crippen LogP contribution in [-0.2, 0) is 24.6 Å². The molecule has 0 aliphatic carbocycles. The van der Waals surface area contributed by atoms with Crippen LogP contribution in [0.1, 0.15) is 27.8 Å². The first-order valence-corrected chi connectivity index (χ1v) is 12.4. The van der Waals surface area contributed by atoms with Crippen LogP contribution < -0.4 is 14.8 Å². The van der Waals surface area contributed by atoms with Crippen molar-refractivity contribution in [3.8, 4) is 28.7 Å². The zero-order valence-electron chi connectivity index (χ0n) is 21.5. The molecule has 198 valence electrons. The molecule has 0 aliphatic heterocycles. The first-order chi connectivity index (χ1) is 19.0. The van der Waals surface area contributed by atoms with Gasteiger partial charge in [0.2, 0.25) is 0 Å². The van der Waals surface area contributed by atoms with Gasteiger partial charge in [-0.3, -0.25) is 15.1 Å². The fourth-order valence-electron chi connectivity index (χ4n) is 4.09. The maximum atomic E-state index is 11.3. The lowest BCUT2D eigenvalue weighted by atomic mass is 9.97. The number of hydrogen-bond acceptors (Lipinski definition) is 7. The zero-order chi connectivity index (χ0) is 27.6. The van der Waals surface area contributed by atoms with Crippen LogP contribution in [0.15, 0.2) is 85.2 Å². The number of nitrogens with one attached hydrogen (secondary N) is 1. The topological polar surface area (TPSA) is 125 Å². The van der Waals surface area contributed by atoms with Crippen molar-refractivity contribution >= 4 is 5.97 Å². The van der Waals surface area contributed by atoms with Crippen molar-refractivity contribution < 1.29 is 24.5 Å². The molecule has 1 atom stereocenters. The van der Waals surface area contributed by atoms with E-state index >= 15 is 0 Å². The summed E-state index contributed by atoms with van der Waals surface area (Å²) in [7, 11) is 0. The van der Waals surface area contributed by atoms with Crippen LogP contribution in [0.25, 0.3) is 11.1 Å². The molecule has 0 bridgehead atoms. The second kappa shape index (κ2) is 13.2. The number of nitriles is 1. The lowest BCUT2D eigenvalue weighted by Gasteiger charge is -2.17. The van der Waals surface area contributed by atoms with Gasteiger partial charge in [-0.2, -0.15) is 5.26 Å². The summed E-state index contributed by atoms with van der Waals surface area (Å²) in [5.41, 5.74) is 6.30. The quantitative estimate of drug-likeness (QED) is 0.246. The van der Waals surface area contributed by atoms with Crippen LogP contribution in [0, 0.1) is 18.3 Å². The van der Waals surface area contributed by atoms with Gasteiger partial charge in [-0.1, -0.05) is 54.6 Å². The molecule has 8 nitrogen and oxygen atoms in total. The number of benzene rings is 3. The molecule has 0 radical (unpaired) electrons. The minimum atomic E-state index is -1.15. The van der Waals surface area contributed by atoms with Gasteiger partial charge in [-0.05, 0) is 41.3 Å². The minimum Gasteiger partial charge on any atom is -0.489 e. The number of aliphatic hydroxyl groups excluding tert-OH is 1. The molecule has 3 aromatic carbocycles. The number of aromatic nitrogens is 1. The fraction of sp³-hybridized carbons (Fsp3) is 0.194. The molecule has 0 saturated carbocycles. The van der Waals surface area contributed by atoms with Crippen LogP contribution in [0.5, 0.6) is 11.5 Å². The monoisotopic (exact) mass is 523 g/mol. The highest BCUT2D eigenvalue weighted by Gasteiger charge is 2.17. The van der Waals surface area contributed by atoms with Crippen LogP contribution in [0.3, 0.4) is 0 Å². The molecular formula is C31H29N3O5. The summed E-state index contributed by atoms with van der Waals surface area (Å²) in [4.78, 5) is 15.4. The standard InChI is InChI=1S/C31H29N3O5/c1-21-26(8-5-9-28(21)24-6-3-2-4-7-24)20-38-27-11-10-25(17-34-29(18-35)31(36)37)30(13-27)39-19-23-12-22(14-32)15-33-16-23/h2-13,15-16,29,34-35H,17-20H2,1H3,(H,36,37). The largest absolute Gasteiger partial charge is 0.489 e. The van der Waals surface area contributed by atoms with E-state index in [1.54, 1.807) is 30.5 Å². The zero-order valence-corrected chi connectivity index (χ0v) is 21.5. The van der Waals surface area contributed by atoms with Crippen molar-refractivity contribution in [3.05, 3.63) is 113 Å². The number of carboxylic acid groups (broad SMARTS) is 1. The minimum absolute atomic E-state index is 0.152. The Balaban J connectivity index is 1.53. The lowest BCUT2D eigenvalue weighted by molar-refractivity contribution is -0.140. The van der Waals surface area contributed by atoms with Gasteiger partial charge in [-0.15, -0.1) is 0 Å². The van der Waals surface area contributed by atoms with Crippen molar-refractivity contribution in [3.63, 3.8) is 0 Å². The van der Waals surface area contributed by atoms with E-state index in [2.05, 4.69) is 41.5 Å². The Kier molecular flexibility index (Phi) is 9.25. The molecule has 0 amide bonds. The summed E-state index contributed by atoms with van der Waals surface area (Å²) in [6, 6.07) is 24.3. The molecule has 1 unspecified atom stereocenters. The lowest BCUT2D eigenvalue weighted by Crippen LogP contribution is -2.39. The third-order valence-corrected chi connectivity index (χ3v) is 6.30. The molecule has 39 heavy (non-hydrogen) atoms. The fourth-order valence-corrected chi connectivity index (χ4v) is 4.09. The maximum absolute atomic E-state index is 11.3. The molecule has 4 rings (SSSR count). The van der Waals surface area contributed by atoms with E-state index < -0.39 is 18.6 Å². The highest BCUT2D eigenvalue weighted by molar-refractivity contribution is 5.73. The Hall–Kier alpha value is -4.71. The second-order valence-electron chi connectivity index (χ2n) is 8.95. The number of ether oxygens (including phenoxy) is 2. The van der Waals surface area contributed by atoms with E-state index in [-0.39, 0.29) is 13.2 Å². The molecule has 0 fully saturated rings. The summed E-state index contributed by atoms with van der Waals surface area (Å²) >= 11 is 0. The maximum Gasteiger partial charge on any atom is 0.323 e. The Morgan fingerprint density at radius 1 is 1.00 bits per heavy atom. The predicted octanol–water partition coefficient (Wildman–Crippen LogP) is 4.62. The van der Waals surface area contributed by atoms with Gasteiger partial charge in [-0.25, -0.2) is 0 Å². The van der Waals surface area contributed by atoms with Crippen molar-refractivity contribution in [2.75, 3.05) is 6.61 Å². The van der Waals surface area contributed by atoms with Crippen LogP contribution in [0.2, 0.25) is 0 Å². The first-order valence-electron chi connectivity index (χ1n) is 12.4. The van der Waals surface area contributed by atoms with E-state index in [1.807, 2.05) is 30.3 Å². The summed E-state index contributed by atoms with van der Waals surface area (Å²) in [5, 5.41) is 30.6. The normalized spacial score (nSPS) is 11.4. The van der Waals surface area contributed by atoms with Crippen LogP contribution >= 0.6 is 0 Å². The number of aliphatic carboxylic acids is 1. The SMILES string of the molecule is Cc1c(COc2ccc(CNC(CO)C(=O)O)c(OCc3cncc(C#N)c3)c2)cccc1-c1ccccc1. The van der Waals surface area contributed by atoms with Gasteiger partial charge in [0.05, 0.1) is 12.2 Å². The van der Waals surface area contributed by atoms with Gasteiger partial charge in [0.15, 0.2) is 0 Å². The third-order valence-electron chi connectivity index (χ3n) is 6.30. The number of hydrogen-bond donors (Lipinski definition) is 3. The molecule has 0 aliphatic rings. The van der Waals surface area contributed by atoms with Gasteiger partial charge in [0.25, 0.3) is 0 Å². The summed E-state index contributed by atoms with van der Waals surface area (Å²) < 4.78 is 12.2. The molecule has 8 heteroatoms. The number of nitrogens with zero attached hydrogens (tertiary/aromatic N) is 2. The van der Waals surface area contributed by atoms with Gasteiger partial charge < -0.3 is 19.7 Å². The number of carboxylic acids is 1. The molecule has 0 saturated heterocycles. The highest BCUT2D eigenvalue weighted by atomic mass is 16.5. The smallest absolute Gasteiger partial charge is 0.323 e. The van der Waals surface area contributed by atoms with Gasteiger partial charge in [0, 0.05) is 36.1 Å². The third kappa shape index (κ3) is 7.20. The van der Waals surface area contributed by atoms with Gasteiger partial charge >= 0.3 is 5.97 Å². The van der Waals surface area contributed by atoms with E-state index in [0.717, 1.165) is 22.3 Å². The van der Waals surface area contributed by atoms with Crippen LogP contribution in [-0.4, -0.2) is 33.8 Å². The Morgan fingerprint density at radius 2 is 1.82 bits per heavy atom. The van der Waals surface area contributed by atoms with Crippen molar-refractivity contribution in [2.45, 2.75) is 32.7 Å². The molecule has 3 N–H and O–H groups in total. The number of carbonyl (C=O) groups is 1. The molecule has 1 aromatic heterocycles. The summed E-state index contributed by atoms with van der Waals surface area (Å²) in [6.45, 7) is 2.19. The Labute approximate surface area is 227 Å².